The minimum atomic E-state index is -0.114. The molecular formula is C22H24N6OS2. The van der Waals surface area contributed by atoms with Gasteiger partial charge < -0.3 is 14.8 Å². The normalized spacial score (nSPS) is 11.1. The second-order valence-corrected chi connectivity index (χ2v) is 8.88. The van der Waals surface area contributed by atoms with Gasteiger partial charge in [0.15, 0.2) is 16.1 Å². The number of carbonyl (C=O) groups excluding carboxylic acids is 1. The lowest BCUT2D eigenvalue weighted by molar-refractivity contribution is -0.113. The molecule has 0 unspecified atom stereocenters. The van der Waals surface area contributed by atoms with Crippen molar-refractivity contribution in [2.24, 2.45) is 7.05 Å². The molecule has 2 aromatic carbocycles. The molecule has 2 aromatic heterocycles. The van der Waals surface area contributed by atoms with Crippen LogP contribution in [0.25, 0.3) is 21.6 Å². The summed E-state index contributed by atoms with van der Waals surface area (Å²) in [5, 5.41) is 12.8. The highest BCUT2D eigenvalue weighted by molar-refractivity contribution is 7.99. The van der Waals surface area contributed by atoms with E-state index in [0.717, 1.165) is 34.7 Å². The first-order chi connectivity index (χ1) is 15.1. The van der Waals surface area contributed by atoms with Crippen molar-refractivity contribution in [3.05, 3.63) is 48.5 Å². The van der Waals surface area contributed by atoms with E-state index in [4.69, 9.17) is 0 Å². The van der Waals surface area contributed by atoms with Crippen LogP contribution in [0.2, 0.25) is 0 Å². The molecule has 2 heterocycles. The molecule has 4 rings (SSSR count). The zero-order chi connectivity index (χ0) is 21.8. The van der Waals surface area contributed by atoms with Crippen LogP contribution in [-0.4, -0.2) is 44.5 Å². The number of para-hydroxylation sites is 1. The number of amides is 1. The van der Waals surface area contributed by atoms with Gasteiger partial charge in [0, 0.05) is 31.4 Å². The smallest absolute Gasteiger partial charge is 0.236 e. The lowest BCUT2D eigenvalue weighted by Crippen LogP contribution is -2.21. The van der Waals surface area contributed by atoms with Gasteiger partial charge in [-0.3, -0.25) is 4.79 Å². The van der Waals surface area contributed by atoms with E-state index in [9.17, 15) is 4.79 Å². The Morgan fingerprint density at radius 2 is 1.84 bits per heavy atom. The molecule has 31 heavy (non-hydrogen) atoms. The minimum Gasteiger partial charge on any atom is -0.372 e. The monoisotopic (exact) mass is 452 g/mol. The Bertz CT molecular complexity index is 1150. The van der Waals surface area contributed by atoms with Crippen LogP contribution in [-0.2, 0) is 11.8 Å². The Kier molecular flexibility index (Phi) is 6.53. The van der Waals surface area contributed by atoms with E-state index in [0.29, 0.717) is 10.3 Å². The lowest BCUT2D eigenvalue weighted by atomic mass is 10.2. The highest BCUT2D eigenvalue weighted by Gasteiger charge is 2.14. The SMILES string of the molecule is CCN(CC)c1ccc(-c2nnc(SCC(=O)Nc3nc4ccccc4s3)n2C)cc1. The van der Waals surface area contributed by atoms with Crippen molar-refractivity contribution in [2.75, 3.05) is 29.1 Å². The van der Waals surface area contributed by atoms with Gasteiger partial charge in [-0.2, -0.15) is 0 Å². The number of fused-ring (bicyclic) bond motifs is 1. The lowest BCUT2D eigenvalue weighted by Gasteiger charge is -2.21. The van der Waals surface area contributed by atoms with Crippen molar-refractivity contribution < 1.29 is 4.79 Å². The van der Waals surface area contributed by atoms with E-state index in [1.807, 2.05) is 35.9 Å². The topological polar surface area (TPSA) is 75.9 Å². The summed E-state index contributed by atoms with van der Waals surface area (Å²) in [6.07, 6.45) is 0. The number of nitrogens with zero attached hydrogens (tertiary/aromatic N) is 5. The van der Waals surface area contributed by atoms with Crippen molar-refractivity contribution in [1.82, 2.24) is 19.7 Å². The van der Waals surface area contributed by atoms with Crippen LogP contribution < -0.4 is 10.2 Å². The predicted octanol–water partition coefficient (Wildman–Crippen LogP) is 4.67. The first kappa shape index (κ1) is 21.3. The van der Waals surface area contributed by atoms with E-state index in [-0.39, 0.29) is 11.7 Å². The average molecular weight is 453 g/mol. The van der Waals surface area contributed by atoms with Crippen LogP contribution in [0, 0.1) is 0 Å². The fraction of sp³-hybridized carbons (Fsp3) is 0.273. The molecule has 0 aliphatic rings. The summed E-state index contributed by atoms with van der Waals surface area (Å²) >= 11 is 2.83. The Hall–Kier alpha value is -2.91. The van der Waals surface area contributed by atoms with Gasteiger partial charge in [0.05, 0.1) is 16.0 Å². The molecule has 9 heteroatoms. The Balaban J connectivity index is 1.39. The molecule has 160 valence electrons. The maximum absolute atomic E-state index is 12.4. The molecule has 0 saturated carbocycles. The van der Waals surface area contributed by atoms with Gasteiger partial charge in [-0.25, -0.2) is 4.98 Å². The van der Waals surface area contributed by atoms with Gasteiger partial charge >= 0.3 is 0 Å². The maximum atomic E-state index is 12.4. The second-order valence-electron chi connectivity index (χ2n) is 6.91. The van der Waals surface area contributed by atoms with E-state index in [1.165, 1.54) is 28.8 Å². The quantitative estimate of drug-likeness (QED) is 0.392. The Morgan fingerprint density at radius 1 is 1.10 bits per heavy atom. The zero-order valence-corrected chi connectivity index (χ0v) is 19.3. The molecule has 4 aromatic rings. The number of hydrogen-bond acceptors (Lipinski definition) is 7. The third-order valence-electron chi connectivity index (χ3n) is 4.96. The van der Waals surface area contributed by atoms with Crippen LogP contribution in [0.1, 0.15) is 13.8 Å². The molecule has 0 bridgehead atoms. The minimum absolute atomic E-state index is 0.114. The summed E-state index contributed by atoms with van der Waals surface area (Å²) < 4.78 is 2.97. The molecule has 0 aliphatic heterocycles. The molecular weight excluding hydrogens is 428 g/mol. The Morgan fingerprint density at radius 3 is 2.55 bits per heavy atom. The third kappa shape index (κ3) is 4.72. The molecule has 7 nitrogen and oxygen atoms in total. The van der Waals surface area contributed by atoms with Gasteiger partial charge in [-0.1, -0.05) is 35.2 Å². The van der Waals surface area contributed by atoms with Crippen molar-refractivity contribution in [3.8, 4) is 11.4 Å². The summed E-state index contributed by atoms with van der Waals surface area (Å²) in [7, 11) is 1.92. The number of hydrogen-bond donors (Lipinski definition) is 1. The van der Waals surface area contributed by atoms with Crippen LogP contribution in [0.15, 0.2) is 53.7 Å². The number of rotatable bonds is 8. The molecule has 0 atom stereocenters. The highest BCUT2D eigenvalue weighted by Crippen LogP contribution is 2.27. The maximum Gasteiger partial charge on any atom is 0.236 e. The first-order valence-electron chi connectivity index (χ1n) is 10.1. The number of benzene rings is 2. The number of nitrogens with one attached hydrogen (secondary N) is 1. The summed E-state index contributed by atoms with van der Waals surface area (Å²) in [6, 6.07) is 16.2. The van der Waals surface area contributed by atoms with Crippen LogP contribution in [0.5, 0.6) is 0 Å². The molecule has 0 fully saturated rings. The molecule has 0 radical (unpaired) electrons. The second kappa shape index (κ2) is 9.49. The first-order valence-corrected chi connectivity index (χ1v) is 11.9. The zero-order valence-electron chi connectivity index (χ0n) is 17.7. The van der Waals surface area contributed by atoms with Gasteiger partial charge in [-0.15, -0.1) is 10.2 Å². The van der Waals surface area contributed by atoms with Crippen molar-refractivity contribution in [2.45, 2.75) is 19.0 Å². The van der Waals surface area contributed by atoms with E-state index < -0.39 is 0 Å². The van der Waals surface area contributed by atoms with Gasteiger partial charge in [0.25, 0.3) is 0 Å². The van der Waals surface area contributed by atoms with Gasteiger partial charge in [0.1, 0.15) is 0 Å². The fourth-order valence-electron chi connectivity index (χ4n) is 3.31. The highest BCUT2D eigenvalue weighted by atomic mass is 32.2. The number of thioether (sulfide) groups is 1. The van der Waals surface area contributed by atoms with E-state index in [2.05, 4.69) is 63.5 Å². The third-order valence-corrected chi connectivity index (χ3v) is 6.93. The van der Waals surface area contributed by atoms with Crippen LogP contribution >= 0.6 is 23.1 Å². The number of carbonyl (C=O) groups is 1. The predicted molar refractivity (Wildman–Crippen MR) is 129 cm³/mol. The Labute approximate surface area is 189 Å². The van der Waals surface area contributed by atoms with Crippen LogP contribution in [0.3, 0.4) is 0 Å². The summed E-state index contributed by atoms with van der Waals surface area (Å²) in [6.45, 7) is 6.24. The van der Waals surface area contributed by atoms with Crippen molar-refractivity contribution >= 4 is 50.0 Å². The number of anilines is 2. The summed E-state index contributed by atoms with van der Waals surface area (Å²) in [4.78, 5) is 19.1. The van der Waals surface area contributed by atoms with E-state index in [1.54, 1.807) is 0 Å². The average Bonchev–Trinajstić information content (AvgIpc) is 3.36. The summed E-state index contributed by atoms with van der Waals surface area (Å²) in [5.41, 5.74) is 3.08. The van der Waals surface area contributed by atoms with Gasteiger partial charge in [-0.05, 0) is 50.2 Å². The molecule has 0 saturated heterocycles. The number of thiazole rings is 1. The van der Waals surface area contributed by atoms with Gasteiger partial charge in [0.2, 0.25) is 5.91 Å². The van der Waals surface area contributed by atoms with E-state index >= 15 is 0 Å². The fourth-order valence-corrected chi connectivity index (χ4v) is 4.91. The molecule has 1 N–H and O–H groups in total. The van der Waals surface area contributed by atoms with Crippen molar-refractivity contribution in [3.63, 3.8) is 0 Å². The molecule has 0 spiro atoms. The standard InChI is InChI=1S/C22H24N6OS2/c1-4-28(5-2)16-12-10-15(11-13-16)20-25-26-22(27(20)3)30-14-19(29)24-21-23-17-8-6-7-9-18(17)31-21/h6-13H,4-5,14H2,1-3H3,(H,23,24,29). The number of aromatic nitrogens is 4. The molecule has 1 amide bonds. The molecule has 0 aliphatic carbocycles. The largest absolute Gasteiger partial charge is 0.372 e. The van der Waals surface area contributed by atoms with Crippen LogP contribution in [0.4, 0.5) is 10.8 Å². The van der Waals surface area contributed by atoms with Crippen molar-refractivity contribution in [1.29, 1.82) is 0 Å². The summed E-state index contributed by atoms with van der Waals surface area (Å²) in [5.74, 6) is 0.903.